The highest BCUT2D eigenvalue weighted by molar-refractivity contribution is 5.81. The molecule has 0 aliphatic heterocycles. The van der Waals surface area contributed by atoms with Gasteiger partial charge in [-0.05, 0) is 27.9 Å². The van der Waals surface area contributed by atoms with Gasteiger partial charge in [0.25, 0.3) is 0 Å². The fourth-order valence-electron chi connectivity index (χ4n) is 0.964. The van der Waals surface area contributed by atoms with Crippen LogP contribution in [0.25, 0.3) is 0 Å². The normalized spacial score (nSPS) is 13.2. The summed E-state index contributed by atoms with van der Waals surface area (Å²) in [4.78, 5) is 17.1. The zero-order valence-corrected chi connectivity index (χ0v) is 8.94. The van der Waals surface area contributed by atoms with Gasteiger partial charge in [0.2, 0.25) is 5.89 Å². The summed E-state index contributed by atoms with van der Waals surface area (Å²) in [5, 5.41) is 3.78. The molecule has 1 rings (SSSR count). The third kappa shape index (κ3) is 2.63. The highest BCUT2D eigenvalue weighted by Crippen LogP contribution is 2.13. The highest BCUT2D eigenvalue weighted by Gasteiger charge is 2.18. The van der Waals surface area contributed by atoms with E-state index in [0.29, 0.717) is 18.3 Å². The summed E-state index contributed by atoms with van der Waals surface area (Å²) in [5.74, 6) is 0.732. The molecule has 1 heterocycles. The Labute approximate surface area is 83.1 Å². The van der Waals surface area contributed by atoms with E-state index in [1.165, 1.54) is 6.92 Å². The zero-order chi connectivity index (χ0) is 10.7. The second kappa shape index (κ2) is 4.32. The molecule has 0 aromatic carbocycles. The summed E-state index contributed by atoms with van der Waals surface area (Å²) in [6.07, 6.45) is 0. The van der Waals surface area contributed by atoms with Crippen molar-refractivity contribution >= 4 is 5.78 Å². The van der Waals surface area contributed by atoms with Gasteiger partial charge in [0.1, 0.15) is 5.78 Å². The quantitative estimate of drug-likeness (QED) is 0.715. The van der Waals surface area contributed by atoms with E-state index in [0.717, 1.165) is 0 Å². The van der Waals surface area contributed by atoms with Gasteiger partial charge in [-0.2, -0.15) is 4.98 Å². The van der Waals surface area contributed by atoms with Gasteiger partial charge in [-0.15, -0.1) is 0 Å². The average Bonchev–Trinajstić information content (AvgIpc) is 2.50. The van der Waals surface area contributed by atoms with Crippen LogP contribution in [0.3, 0.4) is 0 Å². The largest absolute Gasteiger partial charge is 0.339 e. The van der Waals surface area contributed by atoms with Crippen molar-refractivity contribution in [1.29, 1.82) is 0 Å². The van der Waals surface area contributed by atoms with E-state index in [4.69, 9.17) is 4.52 Å². The monoisotopic (exact) mass is 197 g/mol. The first-order valence-corrected chi connectivity index (χ1v) is 4.48. The molecule has 0 amide bonds. The molecule has 0 spiro atoms. The minimum Gasteiger partial charge on any atom is -0.339 e. The predicted molar refractivity (Wildman–Crippen MR) is 50.8 cm³/mol. The SMILES string of the molecule is CC(=O)C(C)c1nc(CN(C)C)no1. The minimum absolute atomic E-state index is 0.0325. The topological polar surface area (TPSA) is 59.2 Å². The number of ketones is 1. The Morgan fingerprint density at radius 2 is 2.21 bits per heavy atom. The van der Waals surface area contributed by atoms with Crippen molar-refractivity contribution in [1.82, 2.24) is 15.0 Å². The minimum atomic E-state index is -0.307. The summed E-state index contributed by atoms with van der Waals surface area (Å²) in [5.41, 5.74) is 0. The van der Waals surface area contributed by atoms with Crippen molar-refractivity contribution in [3.05, 3.63) is 11.7 Å². The number of hydrogen-bond acceptors (Lipinski definition) is 5. The van der Waals surface area contributed by atoms with Crippen LogP contribution in [0.2, 0.25) is 0 Å². The second-order valence-corrected chi connectivity index (χ2v) is 3.62. The maximum atomic E-state index is 11.0. The Hall–Kier alpha value is -1.23. The van der Waals surface area contributed by atoms with E-state index in [1.807, 2.05) is 19.0 Å². The highest BCUT2D eigenvalue weighted by atomic mass is 16.5. The van der Waals surface area contributed by atoms with Gasteiger partial charge in [0.05, 0.1) is 12.5 Å². The molecule has 0 saturated carbocycles. The fraction of sp³-hybridized carbons (Fsp3) is 0.667. The smallest absolute Gasteiger partial charge is 0.236 e. The molecule has 14 heavy (non-hydrogen) atoms. The maximum absolute atomic E-state index is 11.0. The van der Waals surface area contributed by atoms with Crippen LogP contribution in [0.5, 0.6) is 0 Å². The van der Waals surface area contributed by atoms with E-state index in [-0.39, 0.29) is 11.7 Å². The molecule has 5 heteroatoms. The van der Waals surface area contributed by atoms with Crippen LogP contribution >= 0.6 is 0 Å². The van der Waals surface area contributed by atoms with Gasteiger partial charge in [-0.3, -0.25) is 4.79 Å². The van der Waals surface area contributed by atoms with Crippen molar-refractivity contribution < 1.29 is 9.32 Å². The molecule has 0 aliphatic carbocycles. The van der Waals surface area contributed by atoms with Gasteiger partial charge in [-0.25, -0.2) is 0 Å². The molecule has 1 unspecified atom stereocenters. The first-order chi connectivity index (χ1) is 6.50. The number of nitrogens with zero attached hydrogens (tertiary/aromatic N) is 3. The first kappa shape index (κ1) is 10.8. The molecular formula is C9H15N3O2. The molecule has 0 bridgehead atoms. The van der Waals surface area contributed by atoms with Gasteiger partial charge in [0.15, 0.2) is 5.82 Å². The summed E-state index contributed by atoms with van der Waals surface area (Å²) in [6.45, 7) is 3.89. The van der Waals surface area contributed by atoms with E-state index >= 15 is 0 Å². The number of carbonyl (C=O) groups excluding carboxylic acids is 1. The number of carbonyl (C=O) groups is 1. The molecule has 0 fully saturated rings. The van der Waals surface area contributed by atoms with Crippen LogP contribution < -0.4 is 0 Å². The number of hydrogen-bond donors (Lipinski definition) is 0. The molecule has 5 nitrogen and oxygen atoms in total. The van der Waals surface area contributed by atoms with Crippen LogP contribution in [-0.2, 0) is 11.3 Å². The number of rotatable bonds is 4. The molecule has 1 aromatic rings. The molecule has 78 valence electrons. The van der Waals surface area contributed by atoms with Crippen molar-refractivity contribution in [2.75, 3.05) is 14.1 Å². The molecule has 0 N–H and O–H groups in total. The van der Waals surface area contributed by atoms with Gasteiger partial charge in [0, 0.05) is 0 Å². The fourth-order valence-corrected chi connectivity index (χ4v) is 0.964. The van der Waals surface area contributed by atoms with Crippen LogP contribution in [0.15, 0.2) is 4.52 Å². The Morgan fingerprint density at radius 3 is 2.71 bits per heavy atom. The lowest BCUT2D eigenvalue weighted by atomic mass is 10.1. The summed E-state index contributed by atoms with van der Waals surface area (Å²) >= 11 is 0. The maximum Gasteiger partial charge on any atom is 0.236 e. The van der Waals surface area contributed by atoms with Crippen molar-refractivity contribution in [2.45, 2.75) is 26.3 Å². The number of Topliss-reactive ketones (excluding diaryl/α,β-unsaturated/α-hetero) is 1. The van der Waals surface area contributed by atoms with Crippen molar-refractivity contribution in [3.63, 3.8) is 0 Å². The number of aromatic nitrogens is 2. The average molecular weight is 197 g/mol. The summed E-state index contributed by atoms with van der Waals surface area (Å²) in [6, 6.07) is 0. The van der Waals surface area contributed by atoms with E-state index in [1.54, 1.807) is 6.92 Å². The van der Waals surface area contributed by atoms with E-state index < -0.39 is 0 Å². The molecular weight excluding hydrogens is 182 g/mol. The third-order valence-electron chi connectivity index (χ3n) is 1.92. The molecule has 0 aliphatic rings. The predicted octanol–water partition coefficient (Wildman–Crippen LogP) is 0.824. The molecule has 0 radical (unpaired) electrons. The van der Waals surface area contributed by atoms with Crippen LogP contribution in [-0.4, -0.2) is 34.9 Å². The standard InChI is InChI=1S/C9H15N3O2/c1-6(7(2)13)9-10-8(11-14-9)5-12(3)4/h6H,5H2,1-4H3. The second-order valence-electron chi connectivity index (χ2n) is 3.62. The lowest BCUT2D eigenvalue weighted by molar-refractivity contribution is -0.118. The Bertz CT molecular complexity index is 320. The Morgan fingerprint density at radius 1 is 1.57 bits per heavy atom. The van der Waals surface area contributed by atoms with Crippen LogP contribution in [0.1, 0.15) is 31.5 Å². The van der Waals surface area contributed by atoms with Crippen LogP contribution in [0, 0.1) is 0 Å². The van der Waals surface area contributed by atoms with E-state index in [9.17, 15) is 4.79 Å². The summed E-state index contributed by atoms with van der Waals surface area (Å²) < 4.78 is 4.98. The zero-order valence-electron chi connectivity index (χ0n) is 8.94. The summed E-state index contributed by atoms with van der Waals surface area (Å²) in [7, 11) is 3.84. The lowest BCUT2D eigenvalue weighted by Crippen LogP contribution is -2.12. The van der Waals surface area contributed by atoms with E-state index in [2.05, 4.69) is 10.1 Å². The van der Waals surface area contributed by atoms with Crippen molar-refractivity contribution in [2.24, 2.45) is 0 Å². The lowest BCUT2D eigenvalue weighted by Gasteiger charge is -2.03. The van der Waals surface area contributed by atoms with Crippen molar-refractivity contribution in [3.8, 4) is 0 Å². The first-order valence-electron chi connectivity index (χ1n) is 4.48. The molecule has 1 atom stereocenters. The van der Waals surface area contributed by atoms with Crippen LogP contribution in [0.4, 0.5) is 0 Å². The van der Waals surface area contributed by atoms with Gasteiger partial charge >= 0.3 is 0 Å². The third-order valence-corrected chi connectivity index (χ3v) is 1.92. The molecule has 1 aromatic heterocycles. The Kier molecular flexibility index (Phi) is 3.35. The molecule has 0 saturated heterocycles. The van der Waals surface area contributed by atoms with Gasteiger partial charge < -0.3 is 9.42 Å². The Balaban J connectivity index is 2.72. The van der Waals surface area contributed by atoms with Gasteiger partial charge in [-0.1, -0.05) is 5.16 Å².